The summed E-state index contributed by atoms with van der Waals surface area (Å²) in [7, 11) is 0. The molecule has 3 aromatic heterocycles. The van der Waals surface area contributed by atoms with Gasteiger partial charge in [-0.25, -0.2) is 9.97 Å². The second-order valence-corrected chi connectivity index (χ2v) is 5.68. The minimum atomic E-state index is -0.477. The van der Waals surface area contributed by atoms with Gasteiger partial charge in [-0.05, 0) is 44.5 Å². The molecule has 122 valence electrons. The molecule has 7 heteroatoms. The van der Waals surface area contributed by atoms with Crippen LogP contribution in [0.4, 0.5) is 0 Å². The number of nitrogens with two attached hydrogens (primary N) is 1. The SMILES string of the molecule is Cc1cc(C)c(-c2nc(CC(N)=O)nn2-c2cccc(C)n2)cn1. The topological polar surface area (TPSA) is 99.6 Å². The van der Waals surface area contributed by atoms with E-state index >= 15 is 0 Å². The molecule has 0 atom stereocenters. The second-order valence-electron chi connectivity index (χ2n) is 5.68. The highest BCUT2D eigenvalue weighted by atomic mass is 16.1. The summed E-state index contributed by atoms with van der Waals surface area (Å²) in [5, 5.41) is 4.42. The van der Waals surface area contributed by atoms with Crippen molar-refractivity contribution in [2.45, 2.75) is 27.2 Å². The molecule has 0 aromatic carbocycles. The summed E-state index contributed by atoms with van der Waals surface area (Å²) in [5.41, 5.74) is 8.93. The molecule has 0 spiro atoms. The lowest BCUT2D eigenvalue weighted by atomic mass is 10.1. The zero-order valence-corrected chi connectivity index (χ0v) is 13.8. The normalized spacial score (nSPS) is 10.8. The van der Waals surface area contributed by atoms with Crippen LogP contribution in [0.1, 0.15) is 22.8 Å². The van der Waals surface area contributed by atoms with Crippen molar-refractivity contribution < 1.29 is 4.79 Å². The maximum Gasteiger partial charge on any atom is 0.225 e. The Hall–Kier alpha value is -3.09. The number of rotatable bonds is 4. The fourth-order valence-corrected chi connectivity index (χ4v) is 2.50. The van der Waals surface area contributed by atoms with Gasteiger partial charge >= 0.3 is 0 Å². The molecule has 2 N–H and O–H groups in total. The molecule has 0 aliphatic rings. The minimum Gasteiger partial charge on any atom is -0.369 e. The predicted molar refractivity (Wildman–Crippen MR) is 89.5 cm³/mol. The van der Waals surface area contributed by atoms with Gasteiger partial charge in [-0.2, -0.15) is 4.68 Å². The molecule has 7 nitrogen and oxygen atoms in total. The largest absolute Gasteiger partial charge is 0.369 e. The van der Waals surface area contributed by atoms with Crippen molar-refractivity contribution in [3.63, 3.8) is 0 Å². The fourth-order valence-electron chi connectivity index (χ4n) is 2.50. The Morgan fingerprint density at radius 1 is 1.17 bits per heavy atom. The Balaban J connectivity index is 2.19. The monoisotopic (exact) mass is 322 g/mol. The van der Waals surface area contributed by atoms with Gasteiger partial charge in [0.2, 0.25) is 5.91 Å². The number of hydrogen-bond donors (Lipinski definition) is 1. The average molecular weight is 322 g/mol. The van der Waals surface area contributed by atoms with Crippen LogP contribution < -0.4 is 5.73 Å². The van der Waals surface area contributed by atoms with E-state index in [2.05, 4.69) is 20.1 Å². The number of aromatic nitrogens is 5. The second kappa shape index (κ2) is 6.19. The van der Waals surface area contributed by atoms with Crippen molar-refractivity contribution in [1.82, 2.24) is 24.7 Å². The van der Waals surface area contributed by atoms with Crippen LogP contribution in [-0.2, 0) is 11.2 Å². The quantitative estimate of drug-likeness (QED) is 0.787. The maximum atomic E-state index is 11.2. The molecule has 1 amide bonds. The molecule has 0 radical (unpaired) electrons. The third-order valence-electron chi connectivity index (χ3n) is 3.56. The van der Waals surface area contributed by atoms with Gasteiger partial charge < -0.3 is 5.73 Å². The van der Waals surface area contributed by atoms with Crippen LogP contribution >= 0.6 is 0 Å². The smallest absolute Gasteiger partial charge is 0.225 e. The summed E-state index contributed by atoms with van der Waals surface area (Å²) in [6.45, 7) is 5.83. The molecule has 0 unspecified atom stereocenters. The van der Waals surface area contributed by atoms with E-state index < -0.39 is 5.91 Å². The molecule has 3 rings (SSSR count). The number of carbonyl (C=O) groups is 1. The van der Waals surface area contributed by atoms with Crippen LogP contribution in [0.3, 0.4) is 0 Å². The number of nitrogens with zero attached hydrogens (tertiary/aromatic N) is 5. The van der Waals surface area contributed by atoms with Crippen LogP contribution in [0.15, 0.2) is 30.5 Å². The summed E-state index contributed by atoms with van der Waals surface area (Å²) in [5.74, 6) is 1.11. The van der Waals surface area contributed by atoms with E-state index in [-0.39, 0.29) is 6.42 Å². The Morgan fingerprint density at radius 3 is 2.62 bits per heavy atom. The van der Waals surface area contributed by atoms with E-state index in [1.807, 2.05) is 45.0 Å². The summed E-state index contributed by atoms with van der Waals surface area (Å²) in [6.07, 6.45) is 1.74. The molecule has 0 saturated carbocycles. The number of pyridine rings is 2. The standard InChI is InChI=1S/C17H18N6O/c1-10-7-12(3)19-9-13(10)17-21-15(8-14(18)24)22-23(17)16-6-4-5-11(2)20-16/h4-7,9H,8H2,1-3H3,(H2,18,24). The van der Waals surface area contributed by atoms with Gasteiger partial charge in [0.25, 0.3) is 0 Å². The van der Waals surface area contributed by atoms with Crippen molar-refractivity contribution in [3.05, 3.63) is 53.2 Å². The molecule has 0 aliphatic heterocycles. The van der Waals surface area contributed by atoms with Gasteiger partial charge in [-0.15, -0.1) is 5.10 Å². The van der Waals surface area contributed by atoms with Crippen molar-refractivity contribution in [3.8, 4) is 17.2 Å². The molecule has 0 aliphatic carbocycles. The third kappa shape index (κ3) is 3.15. The molecule has 0 saturated heterocycles. The van der Waals surface area contributed by atoms with Gasteiger partial charge in [0.1, 0.15) is 0 Å². The lowest BCUT2D eigenvalue weighted by molar-refractivity contribution is -0.117. The molecule has 0 bridgehead atoms. The summed E-state index contributed by atoms with van der Waals surface area (Å²) in [4.78, 5) is 24.6. The average Bonchev–Trinajstić information content (AvgIpc) is 2.90. The van der Waals surface area contributed by atoms with Crippen molar-refractivity contribution in [2.24, 2.45) is 5.73 Å². The van der Waals surface area contributed by atoms with Gasteiger partial charge in [-0.3, -0.25) is 9.78 Å². The third-order valence-corrected chi connectivity index (χ3v) is 3.56. The van der Waals surface area contributed by atoms with E-state index in [9.17, 15) is 4.79 Å². The van der Waals surface area contributed by atoms with Gasteiger partial charge in [-0.1, -0.05) is 6.07 Å². The predicted octanol–water partition coefficient (Wildman–Crippen LogP) is 1.68. The maximum absolute atomic E-state index is 11.2. The Labute approximate surface area is 139 Å². The number of aryl methyl sites for hydroxylation is 3. The highest BCUT2D eigenvalue weighted by molar-refractivity contribution is 5.76. The molecular weight excluding hydrogens is 304 g/mol. The number of primary amides is 1. The molecular formula is C17H18N6O. The first kappa shape index (κ1) is 15.8. The number of hydrogen-bond acceptors (Lipinski definition) is 5. The molecule has 0 fully saturated rings. The molecule has 3 aromatic rings. The first-order valence-corrected chi connectivity index (χ1v) is 7.56. The highest BCUT2D eigenvalue weighted by Crippen LogP contribution is 2.24. The highest BCUT2D eigenvalue weighted by Gasteiger charge is 2.17. The van der Waals surface area contributed by atoms with Crippen LogP contribution in [0.5, 0.6) is 0 Å². The van der Waals surface area contributed by atoms with E-state index in [1.165, 1.54) is 0 Å². The van der Waals surface area contributed by atoms with E-state index in [4.69, 9.17) is 5.73 Å². The van der Waals surface area contributed by atoms with E-state index in [0.29, 0.717) is 17.5 Å². The zero-order chi connectivity index (χ0) is 17.3. The summed E-state index contributed by atoms with van der Waals surface area (Å²) in [6, 6.07) is 7.63. The molecule has 24 heavy (non-hydrogen) atoms. The minimum absolute atomic E-state index is 0.0237. The number of carbonyl (C=O) groups excluding carboxylic acids is 1. The van der Waals surface area contributed by atoms with E-state index in [0.717, 1.165) is 22.5 Å². The lowest BCUT2D eigenvalue weighted by Gasteiger charge is -2.08. The first-order chi connectivity index (χ1) is 11.4. The van der Waals surface area contributed by atoms with Gasteiger partial charge in [0.05, 0.1) is 6.42 Å². The van der Waals surface area contributed by atoms with Gasteiger partial charge in [0.15, 0.2) is 17.5 Å². The summed E-state index contributed by atoms with van der Waals surface area (Å²) < 4.78 is 1.63. The number of amides is 1. The molecule has 3 heterocycles. The van der Waals surface area contributed by atoms with Crippen LogP contribution in [-0.4, -0.2) is 30.6 Å². The van der Waals surface area contributed by atoms with Crippen molar-refractivity contribution >= 4 is 5.91 Å². The van der Waals surface area contributed by atoms with Gasteiger partial charge in [0, 0.05) is 23.1 Å². The van der Waals surface area contributed by atoms with Crippen LogP contribution in [0.25, 0.3) is 17.2 Å². The zero-order valence-electron chi connectivity index (χ0n) is 13.8. The fraction of sp³-hybridized carbons (Fsp3) is 0.235. The Kier molecular flexibility index (Phi) is 4.07. The van der Waals surface area contributed by atoms with Crippen molar-refractivity contribution in [2.75, 3.05) is 0 Å². The summed E-state index contributed by atoms with van der Waals surface area (Å²) >= 11 is 0. The Bertz CT molecular complexity index is 915. The van der Waals surface area contributed by atoms with Crippen LogP contribution in [0, 0.1) is 20.8 Å². The van der Waals surface area contributed by atoms with Crippen LogP contribution in [0.2, 0.25) is 0 Å². The van der Waals surface area contributed by atoms with E-state index in [1.54, 1.807) is 10.9 Å². The Morgan fingerprint density at radius 2 is 1.96 bits per heavy atom. The van der Waals surface area contributed by atoms with Crippen molar-refractivity contribution in [1.29, 1.82) is 0 Å². The first-order valence-electron chi connectivity index (χ1n) is 7.56. The lowest BCUT2D eigenvalue weighted by Crippen LogP contribution is -2.14.